The molecule has 0 aromatic heterocycles. The zero-order valence-corrected chi connectivity index (χ0v) is 16.8. The van der Waals surface area contributed by atoms with Crippen LogP contribution in [0.4, 0.5) is 11.4 Å². The van der Waals surface area contributed by atoms with Gasteiger partial charge in [-0.05, 0) is 23.3 Å². The largest absolute Gasteiger partial charge is 0.870 e. The van der Waals surface area contributed by atoms with Gasteiger partial charge in [0.2, 0.25) is 15.9 Å². The zero-order valence-electron chi connectivity index (χ0n) is 16.0. The molecule has 1 atom stereocenters. The van der Waals surface area contributed by atoms with Crippen LogP contribution in [0.2, 0.25) is 0 Å². The molecule has 1 unspecified atom stereocenters. The summed E-state index contributed by atoms with van der Waals surface area (Å²) in [6.45, 7) is 1.77. The number of hydrazone groups is 1. The molecule has 0 spiro atoms. The summed E-state index contributed by atoms with van der Waals surface area (Å²) >= 11 is 0. The molecular formula is C19H22N4O5S. The van der Waals surface area contributed by atoms with Gasteiger partial charge in [-0.3, -0.25) is 9.52 Å². The van der Waals surface area contributed by atoms with Crippen LogP contribution in [-0.2, 0) is 14.8 Å². The number of benzene rings is 2. The van der Waals surface area contributed by atoms with E-state index in [1.807, 2.05) is 11.2 Å². The molecule has 3 rings (SSSR count). The molecule has 2 aromatic rings. The van der Waals surface area contributed by atoms with E-state index in [-0.39, 0.29) is 17.4 Å². The monoisotopic (exact) mass is 418 g/mol. The fourth-order valence-electron chi connectivity index (χ4n) is 3.09. The lowest BCUT2D eigenvalue weighted by Gasteiger charge is -2.21. The predicted molar refractivity (Wildman–Crippen MR) is 108 cm³/mol. The summed E-state index contributed by atoms with van der Waals surface area (Å²) in [5, 5.41) is 7.84. The van der Waals surface area contributed by atoms with Crippen molar-refractivity contribution in [2.24, 2.45) is 5.10 Å². The number of rotatable bonds is 6. The van der Waals surface area contributed by atoms with Crippen LogP contribution in [0, 0.1) is 4.91 Å². The van der Waals surface area contributed by atoms with Crippen LogP contribution in [-0.4, -0.2) is 36.8 Å². The maximum atomic E-state index is 12.4. The van der Waals surface area contributed by atoms with Crippen LogP contribution < -0.4 is 9.90 Å². The highest BCUT2D eigenvalue weighted by Gasteiger charge is 2.32. The van der Waals surface area contributed by atoms with Crippen LogP contribution in [0.15, 0.2) is 53.6 Å². The van der Waals surface area contributed by atoms with Gasteiger partial charge in [0.1, 0.15) is 0 Å². The average Bonchev–Trinajstić information content (AvgIpc) is 3.12. The summed E-state index contributed by atoms with van der Waals surface area (Å²) in [7, 11) is -3.35. The Morgan fingerprint density at radius 2 is 1.93 bits per heavy atom. The zero-order chi connectivity index (χ0) is 20.3. The quantitative estimate of drug-likeness (QED) is 0.731. The molecular weight excluding hydrogens is 396 g/mol. The normalized spacial score (nSPS) is 16.0. The van der Waals surface area contributed by atoms with Crippen molar-refractivity contribution in [3.63, 3.8) is 0 Å². The van der Waals surface area contributed by atoms with Crippen molar-refractivity contribution in [1.29, 1.82) is 0 Å². The van der Waals surface area contributed by atoms with Crippen LogP contribution >= 0.6 is 0 Å². The van der Waals surface area contributed by atoms with Gasteiger partial charge in [-0.15, -0.1) is 0 Å². The minimum Gasteiger partial charge on any atom is -0.870 e. The number of nitrogens with zero attached hydrogens (tertiary/aromatic N) is 2. The number of hydrogen-bond donors (Lipinski definition) is 2. The van der Waals surface area contributed by atoms with Crippen molar-refractivity contribution < 1.29 is 23.9 Å². The summed E-state index contributed by atoms with van der Waals surface area (Å²) < 4.78 is 25.1. The second-order valence-corrected chi connectivity index (χ2v) is 8.29. The molecule has 1 amide bonds. The molecule has 0 bridgehead atoms. The molecule has 0 fully saturated rings. The number of carbonyl (C=O) groups excluding carboxylic acids is 1. The summed E-state index contributed by atoms with van der Waals surface area (Å²) in [6, 6.07) is 13.5. The SMILES string of the molecule is CCC(=O)N1N=C(c2ccc(NS(C)(=O)=O)cc2)CC1c1cccc([NH+]=O)c1.[OH-]. The average molecular weight is 418 g/mol. The number of sulfonamides is 1. The van der Waals surface area contributed by atoms with E-state index in [1.54, 1.807) is 49.4 Å². The third-order valence-electron chi connectivity index (χ3n) is 4.38. The highest BCUT2D eigenvalue weighted by molar-refractivity contribution is 7.92. The van der Waals surface area contributed by atoms with Crippen molar-refractivity contribution in [3.8, 4) is 0 Å². The third kappa shape index (κ3) is 5.24. The Hall–Kier alpha value is -3.11. The molecule has 1 heterocycles. The molecule has 0 radical (unpaired) electrons. The van der Waals surface area contributed by atoms with E-state index in [2.05, 4.69) is 9.82 Å². The smallest absolute Gasteiger partial charge is 0.253 e. The molecule has 3 N–H and O–H groups in total. The Morgan fingerprint density at radius 3 is 2.52 bits per heavy atom. The van der Waals surface area contributed by atoms with Crippen molar-refractivity contribution in [2.75, 3.05) is 11.0 Å². The van der Waals surface area contributed by atoms with Crippen molar-refractivity contribution in [2.45, 2.75) is 25.8 Å². The lowest BCUT2D eigenvalue weighted by molar-refractivity contribution is -0.379. The molecule has 1 aliphatic rings. The molecule has 0 saturated heterocycles. The van der Waals surface area contributed by atoms with E-state index in [1.165, 1.54) is 5.01 Å². The lowest BCUT2D eigenvalue weighted by atomic mass is 9.98. The van der Waals surface area contributed by atoms with E-state index in [4.69, 9.17) is 0 Å². The topological polar surface area (TPSA) is 140 Å². The third-order valence-corrected chi connectivity index (χ3v) is 4.99. The molecule has 10 heteroatoms. The Balaban J connectivity index is 0.00000300. The number of nitrogens with one attached hydrogen (secondary N) is 2. The first-order valence-electron chi connectivity index (χ1n) is 8.76. The predicted octanol–water partition coefficient (Wildman–Crippen LogP) is 1.45. The first kappa shape index (κ1) is 22.2. The fraction of sp³-hybridized carbons (Fsp3) is 0.263. The van der Waals surface area contributed by atoms with Gasteiger partial charge in [0.25, 0.3) is 5.69 Å². The Kier molecular flexibility index (Phi) is 6.83. The van der Waals surface area contributed by atoms with Gasteiger partial charge in [0, 0.05) is 40.7 Å². The Morgan fingerprint density at radius 1 is 1.24 bits per heavy atom. The second-order valence-electron chi connectivity index (χ2n) is 6.54. The van der Waals surface area contributed by atoms with Crippen LogP contribution in [0.5, 0.6) is 0 Å². The van der Waals surface area contributed by atoms with Gasteiger partial charge in [-0.25, -0.2) is 13.4 Å². The molecule has 29 heavy (non-hydrogen) atoms. The van der Waals surface area contributed by atoms with Crippen LogP contribution in [0.1, 0.15) is 36.9 Å². The van der Waals surface area contributed by atoms with E-state index in [0.29, 0.717) is 24.2 Å². The van der Waals surface area contributed by atoms with Gasteiger partial charge in [0.15, 0.2) is 0 Å². The molecule has 154 valence electrons. The minimum atomic E-state index is -3.35. The molecule has 1 aliphatic heterocycles. The number of hydrogen-bond acceptors (Lipinski definition) is 6. The minimum absolute atomic E-state index is 0. The molecule has 0 saturated carbocycles. The van der Waals surface area contributed by atoms with E-state index in [0.717, 1.165) is 23.1 Å². The summed E-state index contributed by atoms with van der Waals surface area (Å²) in [6.07, 6.45) is 1.89. The highest BCUT2D eigenvalue weighted by atomic mass is 32.2. The summed E-state index contributed by atoms with van der Waals surface area (Å²) in [4.78, 5) is 23.4. The van der Waals surface area contributed by atoms with Crippen LogP contribution in [0.25, 0.3) is 0 Å². The van der Waals surface area contributed by atoms with Gasteiger partial charge in [-0.2, -0.15) is 5.10 Å². The Labute approximate surface area is 168 Å². The molecule has 2 aromatic carbocycles. The molecule has 0 aliphatic carbocycles. The molecule has 9 nitrogen and oxygen atoms in total. The number of anilines is 1. The first-order valence-corrected chi connectivity index (χ1v) is 10.7. The number of amides is 1. The maximum Gasteiger partial charge on any atom is 0.253 e. The van der Waals surface area contributed by atoms with Gasteiger partial charge < -0.3 is 5.48 Å². The summed E-state index contributed by atoms with van der Waals surface area (Å²) in [5.41, 5.74) is 3.21. The maximum absolute atomic E-state index is 12.4. The van der Waals surface area contributed by atoms with Crippen molar-refractivity contribution in [3.05, 3.63) is 64.6 Å². The fourth-order valence-corrected chi connectivity index (χ4v) is 3.65. The van der Waals surface area contributed by atoms with E-state index >= 15 is 0 Å². The number of carbonyl (C=O) groups is 1. The highest BCUT2D eigenvalue weighted by Crippen LogP contribution is 2.34. The van der Waals surface area contributed by atoms with E-state index < -0.39 is 10.0 Å². The van der Waals surface area contributed by atoms with Crippen molar-refractivity contribution in [1.82, 2.24) is 5.01 Å². The van der Waals surface area contributed by atoms with Gasteiger partial charge in [0.05, 0.1) is 18.0 Å². The van der Waals surface area contributed by atoms with Gasteiger partial charge >= 0.3 is 0 Å². The Bertz CT molecular complexity index is 1030. The van der Waals surface area contributed by atoms with Crippen molar-refractivity contribution >= 4 is 33.0 Å². The van der Waals surface area contributed by atoms with Crippen LogP contribution in [0.3, 0.4) is 0 Å². The number of nitroso groups, excluding NO2 is 1. The lowest BCUT2D eigenvalue weighted by Crippen LogP contribution is -2.55. The first-order chi connectivity index (χ1) is 13.3. The second kappa shape index (κ2) is 8.93. The van der Waals surface area contributed by atoms with E-state index in [9.17, 15) is 18.1 Å². The van der Waals surface area contributed by atoms with Gasteiger partial charge in [-0.1, -0.05) is 31.2 Å². The standard InChI is InChI=1S/C19H20N4O4S.H2O/c1-3-19(24)23-18(14-5-4-6-16(11-14)21-25)12-17(20-23)13-7-9-15(10-8-13)22-28(2,26)27;/h4-11,18,22H,3,12H2,1-2H3;1H2. The summed E-state index contributed by atoms with van der Waals surface area (Å²) in [5.74, 6) is -0.115.